The Kier molecular flexibility index (Phi) is 5.63. The molecule has 0 atom stereocenters. The summed E-state index contributed by atoms with van der Waals surface area (Å²) in [4.78, 5) is 14.3. The molecule has 1 heterocycles. The highest BCUT2D eigenvalue weighted by atomic mass is 16.4. The van der Waals surface area contributed by atoms with E-state index in [2.05, 4.69) is 10.3 Å². The maximum atomic E-state index is 12.0. The summed E-state index contributed by atoms with van der Waals surface area (Å²) in [5.74, 6) is 0. The van der Waals surface area contributed by atoms with Crippen LogP contribution in [-0.2, 0) is 6.54 Å². The minimum Gasteiger partial charge on any atom is -0.463 e. The summed E-state index contributed by atoms with van der Waals surface area (Å²) in [5, 5.41) is 11.1. The Bertz CT molecular complexity index is 755. The van der Waals surface area contributed by atoms with Crippen LogP contribution in [0.15, 0.2) is 42.5 Å². The molecule has 138 valence electrons. The Labute approximate surface area is 154 Å². The topological polar surface area (TPSA) is 81.8 Å². The van der Waals surface area contributed by atoms with E-state index in [4.69, 9.17) is 5.73 Å². The average Bonchev–Trinajstić information content (AvgIpc) is 2.67. The second kappa shape index (κ2) is 8.10. The number of amides is 1. The molecule has 6 heteroatoms. The number of anilines is 3. The van der Waals surface area contributed by atoms with Crippen molar-refractivity contribution >= 4 is 23.2 Å². The third kappa shape index (κ3) is 3.91. The molecule has 1 aliphatic heterocycles. The van der Waals surface area contributed by atoms with Gasteiger partial charge in [-0.3, -0.25) is 5.43 Å². The van der Waals surface area contributed by atoms with Gasteiger partial charge in [-0.1, -0.05) is 24.3 Å². The van der Waals surface area contributed by atoms with Gasteiger partial charge in [0.2, 0.25) is 0 Å². The number of para-hydroxylation sites is 1. The number of aryl methyl sites for hydroxylation is 1. The van der Waals surface area contributed by atoms with E-state index in [-0.39, 0.29) is 0 Å². The average molecular weight is 354 g/mol. The van der Waals surface area contributed by atoms with Crippen molar-refractivity contribution in [1.82, 2.24) is 0 Å². The quantitative estimate of drug-likeness (QED) is 0.708. The molecule has 1 amide bonds. The fourth-order valence-electron chi connectivity index (χ4n) is 3.37. The van der Waals surface area contributed by atoms with Crippen LogP contribution in [0.4, 0.5) is 21.9 Å². The molecule has 6 nitrogen and oxygen atoms in total. The molecule has 26 heavy (non-hydrogen) atoms. The molecule has 0 saturated carbocycles. The molecule has 1 fully saturated rings. The van der Waals surface area contributed by atoms with Gasteiger partial charge in [-0.2, -0.15) is 5.01 Å². The molecule has 1 saturated heterocycles. The van der Waals surface area contributed by atoms with Crippen molar-refractivity contribution in [3.63, 3.8) is 0 Å². The van der Waals surface area contributed by atoms with Crippen molar-refractivity contribution in [2.24, 2.45) is 5.73 Å². The molecule has 0 aromatic heterocycles. The molecule has 1 aliphatic rings. The summed E-state index contributed by atoms with van der Waals surface area (Å²) in [6.45, 7) is 4.31. The van der Waals surface area contributed by atoms with Gasteiger partial charge in [-0.15, -0.1) is 0 Å². The summed E-state index contributed by atoms with van der Waals surface area (Å²) in [6, 6.07) is 13.4. The molecule has 2 aromatic rings. The SMILES string of the molecule is Cc1cccc(N2CCCCC2)c1N(Nc1ccc(CN)cc1)C(=O)O. The zero-order valence-electron chi connectivity index (χ0n) is 15.1. The zero-order valence-corrected chi connectivity index (χ0v) is 15.1. The number of nitrogens with one attached hydrogen (secondary N) is 1. The lowest BCUT2D eigenvalue weighted by molar-refractivity contribution is 0.203. The highest BCUT2D eigenvalue weighted by Gasteiger charge is 2.24. The standard InChI is InChI=1S/C20H26N4O2/c1-15-6-5-7-18(23-12-3-2-4-13-23)19(15)24(20(25)26)22-17-10-8-16(14-21)9-11-17/h5-11,22H,2-4,12-14,21H2,1H3,(H,25,26). The smallest absolute Gasteiger partial charge is 0.431 e. The monoisotopic (exact) mass is 354 g/mol. The van der Waals surface area contributed by atoms with Gasteiger partial charge >= 0.3 is 6.09 Å². The number of rotatable bonds is 5. The number of hydrogen-bond acceptors (Lipinski definition) is 4. The van der Waals surface area contributed by atoms with Gasteiger partial charge < -0.3 is 15.7 Å². The Morgan fingerprint density at radius 1 is 1.15 bits per heavy atom. The van der Waals surface area contributed by atoms with Gasteiger partial charge in [0, 0.05) is 19.6 Å². The van der Waals surface area contributed by atoms with Crippen LogP contribution in [0.3, 0.4) is 0 Å². The fourth-order valence-corrected chi connectivity index (χ4v) is 3.37. The number of hydrazine groups is 1. The van der Waals surface area contributed by atoms with E-state index in [1.54, 1.807) is 0 Å². The first-order chi connectivity index (χ1) is 12.6. The fraction of sp³-hybridized carbons (Fsp3) is 0.350. The van der Waals surface area contributed by atoms with Gasteiger partial charge in [-0.25, -0.2) is 4.79 Å². The van der Waals surface area contributed by atoms with Gasteiger partial charge in [-0.05, 0) is 55.5 Å². The highest BCUT2D eigenvalue weighted by Crippen LogP contribution is 2.34. The normalized spacial score (nSPS) is 14.2. The van der Waals surface area contributed by atoms with Gasteiger partial charge in [0.15, 0.2) is 0 Å². The van der Waals surface area contributed by atoms with E-state index in [9.17, 15) is 9.90 Å². The molecule has 4 N–H and O–H groups in total. The zero-order chi connectivity index (χ0) is 18.5. The third-order valence-corrected chi connectivity index (χ3v) is 4.76. The Morgan fingerprint density at radius 2 is 1.85 bits per heavy atom. The van der Waals surface area contributed by atoms with E-state index in [0.29, 0.717) is 17.9 Å². The van der Waals surface area contributed by atoms with Gasteiger partial charge in [0.1, 0.15) is 0 Å². The molecule has 0 aliphatic carbocycles. The molecular weight excluding hydrogens is 328 g/mol. The van der Waals surface area contributed by atoms with Crippen LogP contribution in [0.1, 0.15) is 30.4 Å². The predicted molar refractivity (Wildman–Crippen MR) is 106 cm³/mol. The van der Waals surface area contributed by atoms with Crippen LogP contribution in [0.25, 0.3) is 0 Å². The molecule has 2 aromatic carbocycles. The van der Waals surface area contributed by atoms with Crippen LogP contribution in [-0.4, -0.2) is 24.3 Å². The maximum Gasteiger partial charge on any atom is 0.431 e. The molecule has 0 bridgehead atoms. The lowest BCUT2D eigenvalue weighted by atomic mass is 10.1. The minimum absolute atomic E-state index is 0.458. The number of carboxylic acid groups (broad SMARTS) is 1. The second-order valence-corrected chi connectivity index (χ2v) is 6.62. The molecule has 3 rings (SSSR count). The van der Waals surface area contributed by atoms with Gasteiger partial charge in [0.05, 0.1) is 17.1 Å². The summed E-state index contributed by atoms with van der Waals surface area (Å²) in [6.07, 6.45) is 2.45. The van der Waals surface area contributed by atoms with Crippen LogP contribution in [0.2, 0.25) is 0 Å². The second-order valence-electron chi connectivity index (χ2n) is 6.62. The number of nitrogens with zero attached hydrogens (tertiary/aromatic N) is 2. The summed E-state index contributed by atoms with van der Waals surface area (Å²) < 4.78 is 0. The number of benzene rings is 2. The van der Waals surface area contributed by atoms with Gasteiger partial charge in [0.25, 0.3) is 0 Å². The van der Waals surface area contributed by atoms with Crippen LogP contribution >= 0.6 is 0 Å². The van der Waals surface area contributed by atoms with E-state index in [1.165, 1.54) is 11.4 Å². The van der Waals surface area contributed by atoms with E-state index in [1.807, 2.05) is 49.4 Å². The van der Waals surface area contributed by atoms with E-state index in [0.717, 1.165) is 42.7 Å². The minimum atomic E-state index is -1.04. The Balaban J connectivity index is 1.95. The van der Waals surface area contributed by atoms with E-state index >= 15 is 0 Å². The summed E-state index contributed by atoms with van der Waals surface area (Å²) in [5.41, 5.74) is 12.9. The van der Waals surface area contributed by atoms with Crippen molar-refractivity contribution in [3.8, 4) is 0 Å². The Hall–Kier alpha value is -2.73. The van der Waals surface area contributed by atoms with E-state index < -0.39 is 6.09 Å². The van der Waals surface area contributed by atoms with Crippen LogP contribution in [0, 0.1) is 6.92 Å². The van der Waals surface area contributed by atoms with Crippen molar-refractivity contribution in [1.29, 1.82) is 0 Å². The van der Waals surface area contributed by atoms with Crippen LogP contribution in [0.5, 0.6) is 0 Å². The lowest BCUT2D eigenvalue weighted by Crippen LogP contribution is -2.38. The highest BCUT2D eigenvalue weighted by molar-refractivity contribution is 5.94. The van der Waals surface area contributed by atoms with Crippen molar-refractivity contribution < 1.29 is 9.90 Å². The number of hydrogen-bond donors (Lipinski definition) is 3. The first-order valence-electron chi connectivity index (χ1n) is 9.03. The van der Waals surface area contributed by atoms with Crippen molar-refractivity contribution in [3.05, 3.63) is 53.6 Å². The van der Waals surface area contributed by atoms with Crippen molar-refractivity contribution in [2.45, 2.75) is 32.7 Å². The molecule has 0 radical (unpaired) electrons. The maximum absolute atomic E-state index is 12.0. The summed E-state index contributed by atoms with van der Waals surface area (Å²) in [7, 11) is 0. The molecule has 0 unspecified atom stereocenters. The third-order valence-electron chi connectivity index (χ3n) is 4.76. The first kappa shape index (κ1) is 18.1. The van der Waals surface area contributed by atoms with Crippen molar-refractivity contribution in [2.75, 3.05) is 28.4 Å². The van der Waals surface area contributed by atoms with Crippen LogP contribution < -0.4 is 21.1 Å². The Morgan fingerprint density at radius 3 is 2.46 bits per heavy atom. The first-order valence-corrected chi connectivity index (χ1v) is 9.03. The summed E-state index contributed by atoms with van der Waals surface area (Å²) >= 11 is 0. The number of nitrogens with two attached hydrogens (primary N) is 1. The number of piperidine rings is 1. The largest absolute Gasteiger partial charge is 0.463 e. The number of carbonyl (C=O) groups is 1. The molecule has 0 spiro atoms. The lowest BCUT2D eigenvalue weighted by Gasteiger charge is -2.34. The molecular formula is C20H26N4O2. The predicted octanol–water partition coefficient (Wildman–Crippen LogP) is 3.96.